The van der Waals surface area contributed by atoms with Crippen LogP contribution in [0.4, 0.5) is 0 Å². The zero-order chi connectivity index (χ0) is 20.5. The van der Waals surface area contributed by atoms with Crippen molar-refractivity contribution in [3.63, 3.8) is 0 Å². The Labute approximate surface area is 200 Å². The molecule has 0 unspecified atom stereocenters. The maximum atomic E-state index is 12.1. The third kappa shape index (κ3) is 7.80. The zero-order valence-corrected chi connectivity index (χ0v) is 21.0. The van der Waals surface area contributed by atoms with Crippen molar-refractivity contribution in [2.24, 2.45) is 4.99 Å². The fourth-order valence-electron chi connectivity index (χ4n) is 3.32. The monoisotopic (exact) mass is 563 g/mol. The highest BCUT2D eigenvalue weighted by Gasteiger charge is 2.20. The van der Waals surface area contributed by atoms with Crippen molar-refractivity contribution in [2.45, 2.75) is 29.6 Å². The van der Waals surface area contributed by atoms with Crippen LogP contribution in [0.3, 0.4) is 0 Å². The van der Waals surface area contributed by atoms with E-state index < -0.39 is 10.0 Å². The van der Waals surface area contributed by atoms with E-state index in [0.29, 0.717) is 29.3 Å². The van der Waals surface area contributed by atoms with Crippen LogP contribution in [0.15, 0.2) is 57.0 Å². The van der Waals surface area contributed by atoms with Gasteiger partial charge in [-0.05, 0) is 29.9 Å². The van der Waals surface area contributed by atoms with Crippen LogP contribution in [-0.4, -0.2) is 58.5 Å². The summed E-state index contributed by atoms with van der Waals surface area (Å²) < 4.78 is 27.2. The van der Waals surface area contributed by atoms with Crippen LogP contribution in [0.25, 0.3) is 0 Å². The molecule has 0 aliphatic carbocycles. The maximum absolute atomic E-state index is 12.1. The minimum Gasteiger partial charge on any atom is -0.355 e. The van der Waals surface area contributed by atoms with Gasteiger partial charge in [0.25, 0.3) is 0 Å². The van der Waals surface area contributed by atoms with Gasteiger partial charge in [-0.2, -0.15) is 0 Å². The summed E-state index contributed by atoms with van der Waals surface area (Å²) in [6, 6.07) is 14.3. The molecule has 0 atom stereocenters. The van der Waals surface area contributed by atoms with E-state index in [1.807, 2.05) is 6.07 Å². The molecule has 1 aliphatic heterocycles. The van der Waals surface area contributed by atoms with E-state index >= 15 is 0 Å². The van der Waals surface area contributed by atoms with Crippen LogP contribution >= 0.6 is 35.3 Å². The van der Waals surface area contributed by atoms with Gasteiger partial charge in [0.2, 0.25) is 10.0 Å². The largest absolute Gasteiger partial charge is 0.355 e. The summed E-state index contributed by atoms with van der Waals surface area (Å²) in [5.74, 6) is 0.710. The number of halogens is 1. The molecule has 1 fully saturated rings. The summed E-state index contributed by atoms with van der Waals surface area (Å²) >= 11 is 1.21. The van der Waals surface area contributed by atoms with Gasteiger partial charge in [0.15, 0.2) is 5.96 Å². The lowest BCUT2D eigenvalue weighted by Gasteiger charge is -2.33. The molecule has 10 heteroatoms. The number of benzene rings is 1. The fourth-order valence-corrected chi connectivity index (χ4v) is 5.39. The molecule has 166 valence electrons. The number of hydrogen-bond donors (Lipinski definition) is 3. The summed E-state index contributed by atoms with van der Waals surface area (Å²) in [6.07, 6.45) is 2.11. The Morgan fingerprint density at radius 1 is 1.13 bits per heavy atom. The van der Waals surface area contributed by atoms with E-state index in [0.717, 1.165) is 32.5 Å². The van der Waals surface area contributed by atoms with Crippen molar-refractivity contribution in [1.29, 1.82) is 0 Å². The molecule has 3 N–H and O–H groups in total. The predicted octanol–water partition coefficient (Wildman–Crippen LogP) is 2.47. The number of rotatable bonds is 8. The normalized spacial score (nSPS) is 16.1. The zero-order valence-electron chi connectivity index (χ0n) is 17.1. The highest BCUT2D eigenvalue weighted by Crippen LogP contribution is 2.15. The topological polar surface area (TPSA) is 85.8 Å². The molecule has 3 rings (SSSR count). The highest BCUT2D eigenvalue weighted by atomic mass is 127. The van der Waals surface area contributed by atoms with Gasteiger partial charge >= 0.3 is 0 Å². The van der Waals surface area contributed by atoms with Gasteiger partial charge in [-0.25, -0.2) is 13.1 Å². The molecule has 0 bridgehead atoms. The summed E-state index contributed by atoms with van der Waals surface area (Å²) in [4.78, 5) is 6.73. The van der Waals surface area contributed by atoms with Crippen molar-refractivity contribution in [2.75, 3.05) is 33.2 Å². The summed E-state index contributed by atoms with van der Waals surface area (Å²) in [6.45, 7) is 3.85. The Balaban J connectivity index is 0.00000320. The van der Waals surface area contributed by atoms with Crippen molar-refractivity contribution in [3.8, 4) is 0 Å². The molecule has 30 heavy (non-hydrogen) atoms. The van der Waals surface area contributed by atoms with E-state index in [1.54, 1.807) is 24.6 Å². The van der Waals surface area contributed by atoms with Gasteiger partial charge in [0.05, 0.1) is 0 Å². The molecular weight excluding hydrogens is 533 g/mol. The number of guanidine groups is 1. The number of sulfonamides is 1. The maximum Gasteiger partial charge on any atom is 0.250 e. The standard InChI is InChI=1S/C20H29N5O2S2.HI/c1-21-20(22-11-12-23-29(26,27)19-8-5-15-28-19)24-18-9-13-25(14-10-18)16-17-6-3-2-4-7-17;/h2-8,15,18,23H,9-14,16H2,1H3,(H2,21,22,24);1H. The predicted molar refractivity (Wildman–Crippen MR) is 134 cm³/mol. The van der Waals surface area contributed by atoms with Crippen LogP contribution in [0, 0.1) is 0 Å². The highest BCUT2D eigenvalue weighted by molar-refractivity contribution is 14.0. The van der Waals surface area contributed by atoms with Crippen molar-refractivity contribution in [1.82, 2.24) is 20.3 Å². The summed E-state index contributed by atoms with van der Waals surface area (Å²) in [5.41, 5.74) is 1.35. The van der Waals surface area contributed by atoms with E-state index in [1.165, 1.54) is 16.9 Å². The first-order chi connectivity index (χ1) is 14.1. The van der Waals surface area contributed by atoms with Gasteiger partial charge in [0.1, 0.15) is 4.21 Å². The van der Waals surface area contributed by atoms with Crippen molar-refractivity contribution in [3.05, 3.63) is 53.4 Å². The van der Waals surface area contributed by atoms with Gasteiger partial charge < -0.3 is 10.6 Å². The number of likely N-dealkylation sites (tertiary alicyclic amines) is 1. The molecule has 0 spiro atoms. The van der Waals surface area contributed by atoms with Gasteiger partial charge in [0, 0.05) is 45.8 Å². The molecule has 1 aromatic carbocycles. The van der Waals surface area contributed by atoms with E-state index in [4.69, 9.17) is 0 Å². The van der Waals surface area contributed by atoms with Crippen LogP contribution < -0.4 is 15.4 Å². The van der Waals surface area contributed by atoms with Gasteiger partial charge in [-0.1, -0.05) is 36.4 Å². The van der Waals surface area contributed by atoms with Gasteiger partial charge in [-0.15, -0.1) is 35.3 Å². The minimum atomic E-state index is -3.42. The second-order valence-electron chi connectivity index (χ2n) is 7.01. The van der Waals surface area contributed by atoms with Crippen LogP contribution in [-0.2, 0) is 16.6 Å². The average molecular weight is 564 g/mol. The Hall–Kier alpha value is -1.21. The lowest BCUT2D eigenvalue weighted by molar-refractivity contribution is 0.198. The molecular formula is C20H30IN5O2S2. The van der Waals surface area contributed by atoms with E-state index in [2.05, 4.69) is 49.5 Å². The number of hydrogen-bond acceptors (Lipinski definition) is 5. The summed E-state index contributed by atoms with van der Waals surface area (Å²) in [7, 11) is -1.69. The van der Waals surface area contributed by atoms with E-state index in [9.17, 15) is 8.42 Å². The molecule has 7 nitrogen and oxygen atoms in total. The smallest absolute Gasteiger partial charge is 0.250 e. The molecule has 2 heterocycles. The first-order valence-corrected chi connectivity index (χ1v) is 12.2. The lowest BCUT2D eigenvalue weighted by atomic mass is 10.0. The fraction of sp³-hybridized carbons (Fsp3) is 0.450. The van der Waals surface area contributed by atoms with Crippen molar-refractivity contribution < 1.29 is 8.42 Å². The number of aliphatic imine (C=N–C) groups is 1. The first kappa shape index (κ1) is 25.1. The molecule has 1 aliphatic rings. The third-order valence-electron chi connectivity index (χ3n) is 4.87. The molecule has 0 radical (unpaired) electrons. The number of nitrogens with zero attached hydrogens (tertiary/aromatic N) is 2. The second-order valence-corrected chi connectivity index (χ2v) is 9.95. The molecule has 1 aromatic heterocycles. The molecule has 1 saturated heterocycles. The van der Waals surface area contributed by atoms with Crippen LogP contribution in [0.5, 0.6) is 0 Å². The number of nitrogens with one attached hydrogen (secondary N) is 3. The van der Waals surface area contributed by atoms with Gasteiger partial charge in [-0.3, -0.25) is 9.89 Å². The molecule has 0 amide bonds. The Morgan fingerprint density at radius 3 is 2.50 bits per heavy atom. The lowest BCUT2D eigenvalue weighted by Crippen LogP contribution is -2.49. The Kier molecular flexibility index (Phi) is 10.5. The Bertz CT molecular complexity index is 868. The minimum absolute atomic E-state index is 0. The first-order valence-electron chi connectivity index (χ1n) is 9.83. The van der Waals surface area contributed by atoms with E-state index in [-0.39, 0.29) is 24.0 Å². The SMILES string of the molecule is CN=C(NCCNS(=O)(=O)c1cccs1)NC1CCN(Cc2ccccc2)CC1.I. The number of piperidine rings is 1. The average Bonchev–Trinajstić information content (AvgIpc) is 3.28. The summed E-state index contributed by atoms with van der Waals surface area (Å²) in [5, 5.41) is 8.39. The molecule has 0 saturated carbocycles. The van der Waals surface area contributed by atoms with Crippen LogP contribution in [0.1, 0.15) is 18.4 Å². The third-order valence-corrected chi connectivity index (χ3v) is 7.73. The molecule has 2 aromatic rings. The second kappa shape index (κ2) is 12.6. The van der Waals surface area contributed by atoms with Crippen LogP contribution in [0.2, 0.25) is 0 Å². The Morgan fingerprint density at radius 2 is 1.87 bits per heavy atom. The van der Waals surface area contributed by atoms with Crippen molar-refractivity contribution >= 4 is 51.3 Å². The quantitative estimate of drug-likeness (QED) is 0.199. The number of thiophene rings is 1.